The van der Waals surface area contributed by atoms with Gasteiger partial charge in [-0.15, -0.1) is 0 Å². The fourth-order valence-electron chi connectivity index (χ4n) is 0.387. The minimum Gasteiger partial charge on any atom is -1.00 e. The van der Waals surface area contributed by atoms with Gasteiger partial charge in [0.2, 0.25) is 0 Å². The number of hydrogen-bond acceptors (Lipinski definition) is 1. The number of aliphatic hydroxyl groups is 1. The molecule has 0 amide bonds. The Kier molecular flexibility index (Phi) is 2.93. The first kappa shape index (κ1) is 6.56. The zero-order valence-electron chi connectivity index (χ0n) is 5.15. The van der Waals surface area contributed by atoms with Crippen LogP contribution in [0.1, 0.15) is 20.7 Å². The van der Waals surface area contributed by atoms with Crippen molar-refractivity contribution in [1.29, 1.82) is 0 Å². The fraction of sp³-hybridized carbons (Fsp3) is 1.00. The van der Waals surface area contributed by atoms with Gasteiger partial charge in [-0.2, -0.15) is 0 Å². The quantitative estimate of drug-likeness (QED) is 0.323. The molecular weight excluding hydrogens is 71.0 g/mol. The minimum atomic E-state index is 0. The molecule has 32 valence electrons. The van der Waals surface area contributed by atoms with Crippen molar-refractivity contribution in [2.75, 3.05) is 0 Å². The van der Waals surface area contributed by atoms with Crippen LogP contribution in [0.2, 0.25) is 0 Å². The second-order valence-corrected chi connectivity index (χ2v) is 1.58. The first-order chi connectivity index (χ1) is 2.39. The zero-order valence-corrected chi connectivity index (χ0v) is 4.15. The van der Waals surface area contributed by atoms with E-state index in [1.165, 1.54) is 6.42 Å². The molecule has 0 atom stereocenters. The van der Waals surface area contributed by atoms with Crippen LogP contribution in [0.5, 0.6) is 0 Å². The summed E-state index contributed by atoms with van der Waals surface area (Å²) in [5.41, 5.74) is 0. The molecule has 0 aromatic rings. The first-order valence-electron chi connectivity index (χ1n) is 2.07. The molecule has 1 rings (SSSR count). The van der Waals surface area contributed by atoms with Gasteiger partial charge < -0.3 is 6.53 Å². The molecule has 1 fully saturated rings. The Morgan fingerprint density at radius 3 is 1.83 bits per heavy atom. The van der Waals surface area contributed by atoms with Crippen LogP contribution in [0.4, 0.5) is 0 Å². The molecule has 0 aliphatic heterocycles. The van der Waals surface area contributed by atoms with Crippen molar-refractivity contribution in [2.45, 2.75) is 25.4 Å². The van der Waals surface area contributed by atoms with Gasteiger partial charge >= 0.3 is 18.9 Å². The van der Waals surface area contributed by atoms with E-state index in [1.54, 1.807) is 0 Å². The summed E-state index contributed by atoms with van der Waals surface area (Å²) in [4.78, 5) is 0. The van der Waals surface area contributed by atoms with Crippen LogP contribution in [0.15, 0.2) is 0 Å². The van der Waals surface area contributed by atoms with Gasteiger partial charge in [-0.1, -0.05) is 0 Å². The molecule has 1 aliphatic rings. The van der Waals surface area contributed by atoms with Crippen molar-refractivity contribution in [3.05, 3.63) is 0 Å². The predicted octanol–water partition coefficient (Wildman–Crippen LogP) is -2.35. The van der Waals surface area contributed by atoms with E-state index in [9.17, 15) is 0 Å². The van der Waals surface area contributed by atoms with E-state index in [1.807, 2.05) is 0 Å². The van der Waals surface area contributed by atoms with Crippen LogP contribution >= 0.6 is 0 Å². The third-order valence-corrected chi connectivity index (χ3v) is 1.07. The number of hydrogen-bond donors (Lipinski definition) is 1. The molecule has 1 aliphatic carbocycles. The van der Waals surface area contributed by atoms with Crippen LogP contribution in [-0.4, -0.2) is 11.2 Å². The van der Waals surface area contributed by atoms with Gasteiger partial charge in [0, 0.05) is 0 Å². The summed E-state index contributed by atoms with van der Waals surface area (Å²) in [5, 5.41) is 8.45. The summed E-state index contributed by atoms with van der Waals surface area (Å²) in [6, 6.07) is 0. The van der Waals surface area contributed by atoms with E-state index < -0.39 is 0 Å². The summed E-state index contributed by atoms with van der Waals surface area (Å²) < 4.78 is 0. The van der Waals surface area contributed by atoms with Crippen molar-refractivity contribution in [1.82, 2.24) is 0 Å². The van der Waals surface area contributed by atoms with E-state index >= 15 is 0 Å². The average Bonchev–Trinajstić information content (AvgIpc) is 1.30. The van der Waals surface area contributed by atoms with Crippen molar-refractivity contribution in [3.63, 3.8) is 0 Å². The van der Waals surface area contributed by atoms with Gasteiger partial charge in [0.05, 0.1) is 6.10 Å². The molecule has 0 aromatic heterocycles. The molecule has 0 heterocycles. The van der Waals surface area contributed by atoms with Crippen molar-refractivity contribution < 1.29 is 25.4 Å². The second-order valence-electron chi connectivity index (χ2n) is 1.58. The Morgan fingerprint density at radius 1 is 1.50 bits per heavy atom. The maximum atomic E-state index is 8.45. The van der Waals surface area contributed by atoms with Crippen LogP contribution in [0, 0.1) is 0 Å². The summed E-state index contributed by atoms with van der Waals surface area (Å²) in [5.74, 6) is 0. The normalized spacial score (nSPS) is 21.5. The molecule has 0 radical (unpaired) electrons. The van der Waals surface area contributed by atoms with Crippen LogP contribution in [-0.2, 0) is 0 Å². The minimum absolute atomic E-state index is 0. The largest absolute Gasteiger partial charge is 1.00 e. The van der Waals surface area contributed by atoms with Gasteiger partial charge in [0.1, 0.15) is 0 Å². The molecule has 0 saturated heterocycles. The third-order valence-electron chi connectivity index (χ3n) is 1.07. The smallest absolute Gasteiger partial charge is 1.00 e. The molecule has 1 nitrogen and oxygen atoms in total. The second kappa shape index (κ2) is 2.68. The number of aliphatic hydroxyl groups excluding tert-OH is 1. The SMILES string of the molecule is OC1CCC1.[H-].[Li+]. The summed E-state index contributed by atoms with van der Waals surface area (Å²) in [7, 11) is 0. The summed E-state index contributed by atoms with van der Waals surface area (Å²) >= 11 is 0. The monoisotopic (exact) mass is 80.1 g/mol. The Labute approximate surface area is 51.4 Å². The third kappa shape index (κ3) is 1.34. The van der Waals surface area contributed by atoms with Crippen LogP contribution in [0.25, 0.3) is 0 Å². The first-order valence-corrected chi connectivity index (χ1v) is 2.07. The van der Waals surface area contributed by atoms with E-state index in [0.29, 0.717) is 0 Å². The van der Waals surface area contributed by atoms with Gasteiger partial charge in [-0.25, -0.2) is 0 Å². The van der Waals surface area contributed by atoms with Gasteiger partial charge in [0.15, 0.2) is 0 Å². The van der Waals surface area contributed by atoms with Gasteiger partial charge in [-0.05, 0) is 19.3 Å². The van der Waals surface area contributed by atoms with E-state index in [4.69, 9.17) is 5.11 Å². The molecule has 1 N–H and O–H groups in total. The number of rotatable bonds is 0. The molecular formula is C4H9LiO. The maximum Gasteiger partial charge on any atom is 1.00 e. The van der Waals surface area contributed by atoms with Crippen molar-refractivity contribution in [3.8, 4) is 0 Å². The molecule has 6 heavy (non-hydrogen) atoms. The van der Waals surface area contributed by atoms with Crippen molar-refractivity contribution in [2.24, 2.45) is 0 Å². The molecule has 0 aromatic carbocycles. The fourth-order valence-corrected chi connectivity index (χ4v) is 0.387. The maximum absolute atomic E-state index is 8.45. The Hall–Kier alpha value is 0.557. The summed E-state index contributed by atoms with van der Waals surface area (Å²) in [6.45, 7) is 0. The molecule has 2 heteroatoms. The van der Waals surface area contributed by atoms with Gasteiger partial charge in [-0.3, -0.25) is 0 Å². The zero-order chi connectivity index (χ0) is 3.70. The Morgan fingerprint density at radius 2 is 1.83 bits per heavy atom. The van der Waals surface area contributed by atoms with E-state index in [2.05, 4.69) is 0 Å². The standard InChI is InChI=1S/C4H8O.Li.H/c5-4-2-1-3-4;;/h4-5H,1-3H2;;/q;+1;-1. The van der Waals surface area contributed by atoms with Crippen LogP contribution in [0.3, 0.4) is 0 Å². The van der Waals surface area contributed by atoms with Crippen LogP contribution < -0.4 is 18.9 Å². The predicted molar refractivity (Wildman–Crippen MR) is 21.0 cm³/mol. The molecule has 0 unspecified atom stereocenters. The molecule has 0 spiro atoms. The Bertz CT molecular complexity index is 38.7. The van der Waals surface area contributed by atoms with Crippen molar-refractivity contribution >= 4 is 0 Å². The van der Waals surface area contributed by atoms with E-state index in [0.717, 1.165) is 12.8 Å². The van der Waals surface area contributed by atoms with E-state index in [-0.39, 0.29) is 26.4 Å². The van der Waals surface area contributed by atoms with Gasteiger partial charge in [0.25, 0.3) is 0 Å². The topological polar surface area (TPSA) is 20.2 Å². The molecule has 1 saturated carbocycles. The average molecular weight is 80.1 g/mol. The molecule has 0 bridgehead atoms. The Balaban J connectivity index is 0. The summed E-state index contributed by atoms with van der Waals surface area (Å²) in [6.07, 6.45) is 3.39.